The number of aromatic nitrogens is 4. The van der Waals surface area contributed by atoms with Crippen LogP contribution in [0.25, 0.3) is 11.2 Å². The smallest absolute Gasteiger partial charge is 0.416 e. The number of carbonyl (C=O) groups excluding carboxylic acids is 1. The molecule has 26 heteroatoms. The number of anilines is 2. The van der Waals surface area contributed by atoms with Gasteiger partial charge in [0.1, 0.15) is 29.7 Å². The summed E-state index contributed by atoms with van der Waals surface area (Å²) in [5, 5.41) is 1.79. The summed E-state index contributed by atoms with van der Waals surface area (Å²) in [5.74, 6) is 0.910. The first-order valence-corrected chi connectivity index (χ1v) is 20.8. The van der Waals surface area contributed by atoms with Gasteiger partial charge in [0.25, 0.3) is 15.6 Å². The molecular formula is C28H29F3N6O13P3S-3. The molecule has 0 spiro atoms. The van der Waals surface area contributed by atoms with Gasteiger partial charge in [0.05, 0.1) is 25.6 Å². The molecular weight excluding hydrogens is 810 g/mol. The van der Waals surface area contributed by atoms with E-state index in [0.29, 0.717) is 17.0 Å². The molecule has 6 atom stereocenters. The first-order chi connectivity index (χ1) is 25.3. The topological polar surface area (TPSA) is 274 Å². The summed E-state index contributed by atoms with van der Waals surface area (Å²) in [7, 11) is -16.3. The number of nitrogens with zero attached hydrogens (tertiary/aromatic N) is 4. The molecule has 2 aromatic heterocycles. The van der Waals surface area contributed by atoms with E-state index in [2.05, 4.69) is 28.9 Å². The van der Waals surface area contributed by atoms with Crippen LogP contribution in [0.1, 0.15) is 31.6 Å². The second-order valence-electron chi connectivity index (χ2n) is 11.1. The number of rotatable bonds is 15. The molecule has 0 bridgehead atoms. The number of phosphoric ester groups is 1. The van der Waals surface area contributed by atoms with Crippen LogP contribution in [0.15, 0.2) is 60.0 Å². The van der Waals surface area contributed by atoms with Crippen molar-refractivity contribution in [2.75, 3.05) is 30.5 Å². The summed E-state index contributed by atoms with van der Waals surface area (Å²) in [5.41, 5.74) is 5.07. The Kier molecular flexibility index (Phi) is 12.8. The number of methoxy groups -OCH3 is 1. The lowest BCUT2D eigenvalue weighted by Crippen LogP contribution is -2.33. The molecule has 1 aliphatic heterocycles. The third kappa shape index (κ3) is 10.6. The van der Waals surface area contributed by atoms with Gasteiger partial charge in [-0.25, -0.2) is 24.1 Å². The highest BCUT2D eigenvalue weighted by Crippen LogP contribution is 2.62. The number of amides is 1. The van der Waals surface area contributed by atoms with Crippen LogP contribution < -0.4 is 35.8 Å². The highest BCUT2D eigenvalue weighted by molar-refractivity contribution is 7.99. The third-order valence-electron chi connectivity index (χ3n) is 7.24. The number of carbonyl (C=O) groups is 1. The molecule has 3 heterocycles. The van der Waals surface area contributed by atoms with Crippen molar-refractivity contribution in [3.8, 4) is 5.75 Å². The summed E-state index contributed by atoms with van der Waals surface area (Å²) in [6, 6.07) is 7.85. The van der Waals surface area contributed by atoms with E-state index < -0.39 is 71.4 Å². The largest absolute Gasteiger partial charge is 0.775 e. The molecule has 1 aliphatic rings. The van der Waals surface area contributed by atoms with Crippen molar-refractivity contribution in [3.63, 3.8) is 0 Å². The summed E-state index contributed by atoms with van der Waals surface area (Å²) in [6.45, 7) is 0.851. The van der Waals surface area contributed by atoms with Gasteiger partial charge in [-0.1, -0.05) is 24.8 Å². The van der Waals surface area contributed by atoms with Crippen LogP contribution >= 0.6 is 35.0 Å². The molecule has 294 valence electrons. The molecule has 3 N–H and O–H groups in total. The molecule has 3 unspecified atom stereocenters. The average Bonchev–Trinajstić information content (AvgIpc) is 3.69. The molecule has 19 nitrogen and oxygen atoms in total. The van der Waals surface area contributed by atoms with Gasteiger partial charge in [0, 0.05) is 23.2 Å². The summed E-state index contributed by atoms with van der Waals surface area (Å²) in [6.07, 6.45) is -8.27. The number of nitrogen functional groups attached to an aromatic ring is 1. The zero-order valence-corrected chi connectivity index (χ0v) is 31.3. The maximum atomic E-state index is 13.2. The van der Waals surface area contributed by atoms with Crippen molar-refractivity contribution in [2.45, 2.75) is 49.5 Å². The molecule has 0 aliphatic carbocycles. The van der Waals surface area contributed by atoms with Gasteiger partial charge < -0.3 is 43.7 Å². The molecule has 54 heavy (non-hydrogen) atoms. The van der Waals surface area contributed by atoms with Crippen molar-refractivity contribution in [1.29, 1.82) is 0 Å². The number of hydrogen-bond donors (Lipinski definition) is 2. The standard InChI is InChI=1S/C28H32F3N6O13P3S/c1-3-11-54-26-35-24(32)23-25(36-26)37(15-33-23)22-13-20(48-27(38)34-17-6-4-5-16(12-17)28(29,30)31)21(47-22)14-46-52(41,42)50-53(43,44)49-51(39,40)19-9-7-18(45-2)8-10-19/h4-10,12,15,20-22H,3,11,13-14H2,1-2H3,(H,34,38)(H,39,40)(H,41,42)(H,43,44)(H2,32,35,36)/p-3/t20-,21-,22-/m1/s1. The molecule has 0 radical (unpaired) electrons. The Morgan fingerprint density at radius 3 is 2.48 bits per heavy atom. The number of ether oxygens (including phenoxy) is 3. The second kappa shape index (κ2) is 16.6. The number of halogens is 3. The van der Waals surface area contributed by atoms with E-state index in [1.807, 2.05) is 6.92 Å². The van der Waals surface area contributed by atoms with E-state index in [-0.39, 0.29) is 34.8 Å². The van der Waals surface area contributed by atoms with Crippen molar-refractivity contribution in [2.24, 2.45) is 0 Å². The molecule has 4 aromatic rings. The average molecular weight is 840 g/mol. The van der Waals surface area contributed by atoms with Crippen molar-refractivity contribution in [3.05, 3.63) is 60.4 Å². The van der Waals surface area contributed by atoms with E-state index in [9.17, 15) is 46.3 Å². The lowest BCUT2D eigenvalue weighted by atomic mass is 10.2. The quantitative estimate of drug-likeness (QED) is 0.0980. The SMILES string of the molecule is CCCSc1nc(N)c2ncn([C@H]3C[C@@H](OC(=O)Nc4cccc(C(F)(F)F)c4)[C@@H](COP(=O)([O-])OP(=O)([O-])OP(=O)([O-])c4ccc(OC)cc4)O3)c2n1. The van der Waals surface area contributed by atoms with Crippen LogP contribution in [0.2, 0.25) is 0 Å². The van der Waals surface area contributed by atoms with Crippen molar-refractivity contribution in [1.82, 2.24) is 19.5 Å². The Bertz CT molecular complexity index is 2130. The number of thioether (sulfide) groups is 1. The Balaban J connectivity index is 1.34. The normalized spacial score (nSPS) is 20.9. The van der Waals surface area contributed by atoms with Crippen LogP contribution in [0.5, 0.6) is 5.75 Å². The number of nitrogens with two attached hydrogens (primary N) is 1. The van der Waals surface area contributed by atoms with Gasteiger partial charge in [-0.05, 0) is 48.9 Å². The zero-order chi connectivity index (χ0) is 39.5. The molecule has 5 rings (SSSR count). The van der Waals surface area contributed by atoms with Crippen LogP contribution in [0.4, 0.5) is 29.5 Å². The van der Waals surface area contributed by atoms with Crippen LogP contribution in [-0.4, -0.2) is 57.3 Å². The number of benzene rings is 2. The van der Waals surface area contributed by atoms with Gasteiger partial charge in [-0.15, -0.1) is 0 Å². The highest BCUT2D eigenvalue weighted by Gasteiger charge is 2.41. The van der Waals surface area contributed by atoms with Crippen molar-refractivity contribution < 1.29 is 73.7 Å². The minimum absolute atomic E-state index is 0.0341. The Morgan fingerprint density at radius 1 is 1.09 bits per heavy atom. The maximum Gasteiger partial charge on any atom is 0.416 e. The van der Waals surface area contributed by atoms with Gasteiger partial charge >= 0.3 is 12.3 Å². The number of imidazole rings is 1. The monoisotopic (exact) mass is 839 g/mol. The Hall–Kier alpha value is -3.59. The predicted octanol–water partition coefficient (Wildman–Crippen LogP) is 3.71. The highest BCUT2D eigenvalue weighted by atomic mass is 32.2. The van der Waals surface area contributed by atoms with Crippen LogP contribution in [0, 0.1) is 0 Å². The number of alkyl halides is 3. The summed E-state index contributed by atoms with van der Waals surface area (Å²) >= 11 is 1.30. The molecule has 0 saturated carbocycles. The summed E-state index contributed by atoms with van der Waals surface area (Å²) < 4.78 is 108. The van der Waals surface area contributed by atoms with E-state index >= 15 is 0 Å². The fraction of sp³-hybridized carbons (Fsp3) is 0.357. The molecule has 1 amide bonds. The van der Waals surface area contributed by atoms with Crippen molar-refractivity contribution >= 4 is 69.1 Å². The molecule has 2 aromatic carbocycles. The minimum atomic E-state index is -6.19. The van der Waals surface area contributed by atoms with Gasteiger partial charge in [0.2, 0.25) is 0 Å². The van der Waals surface area contributed by atoms with Gasteiger partial charge in [0.15, 0.2) is 24.2 Å². The number of hydrogen-bond acceptors (Lipinski definition) is 18. The number of fused-ring (bicyclic) bond motifs is 1. The van der Waals surface area contributed by atoms with E-state index in [0.717, 1.165) is 36.8 Å². The Morgan fingerprint density at radius 2 is 1.81 bits per heavy atom. The van der Waals surface area contributed by atoms with E-state index in [1.54, 1.807) is 0 Å². The van der Waals surface area contributed by atoms with Gasteiger partial charge in [-0.2, -0.15) is 13.2 Å². The summed E-state index contributed by atoms with van der Waals surface area (Å²) in [4.78, 5) is 63.3. The predicted molar refractivity (Wildman–Crippen MR) is 178 cm³/mol. The van der Waals surface area contributed by atoms with Crippen LogP contribution in [-0.2, 0) is 42.5 Å². The number of nitrogens with one attached hydrogen (secondary N) is 1. The van der Waals surface area contributed by atoms with E-state index in [1.165, 1.54) is 41.9 Å². The second-order valence-corrected chi connectivity index (χ2v) is 17.1. The first-order valence-electron chi connectivity index (χ1n) is 15.4. The minimum Gasteiger partial charge on any atom is -0.775 e. The Labute approximate surface area is 308 Å². The molecule has 1 saturated heterocycles. The third-order valence-corrected chi connectivity index (χ3v) is 13.0. The fourth-order valence-electron chi connectivity index (χ4n) is 4.86. The lowest BCUT2D eigenvalue weighted by Gasteiger charge is -2.35. The van der Waals surface area contributed by atoms with E-state index in [4.69, 9.17) is 24.5 Å². The first kappa shape index (κ1) is 41.6. The number of phosphoric acid groups is 2. The van der Waals surface area contributed by atoms with Crippen LogP contribution in [0.3, 0.4) is 0 Å². The zero-order valence-electron chi connectivity index (χ0n) is 27.8. The lowest BCUT2D eigenvalue weighted by molar-refractivity contribution is -0.245. The molecule has 1 fully saturated rings. The fourth-order valence-corrected chi connectivity index (χ4v) is 9.39. The van der Waals surface area contributed by atoms with Gasteiger partial charge in [-0.3, -0.25) is 23.3 Å². The maximum absolute atomic E-state index is 13.2.